The quantitative estimate of drug-likeness (QED) is 0.776. The van der Waals surface area contributed by atoms with Gasteiger partial charge in [-0.1, -0.05) is 12.1 Å². The van der Waals surface area contributed by atoms with Gasteiger partial charge < -0.3 is 5.01 Å². The van der Waals surface area contributed by atoms with Crippen LogP contribution in [0.3, 0.4) is 0 Å². The molecule has 0 atom stereocenters. The van der Waals surface area contributed by atoms with Gasteiger partial charge in [0.25, 0.3) is 0 Å². The van der Waals surface area contributed by atoms with E-state index >= 15 is 0 Å². The van der Waals surface area contributed by atoms with Crippen molar-refractivity contribution in [2.24, 2.45) is 0 Å². The van der Waals surface area contributed by atoms with Gasteiger partial charge >= 0.3 is 0 Å². The van der Waals surface area contributed by atoms with Crippen molar-refractivity contribution in [3.63, 3.8) is 0 Å². The number of piperidine rings is 1. The molecule has 0 N–H and O–H groups in total. The second kappa shape index (κ2) is 4.81. The minimum absolute atomic E-state index is 0.463. The van der Waals surface area contributed by atoms with E-state index in [0.29, 0.717) is 5.88 Å². The number of halogens is 1. The second-order valence-electron chi connectivity index (χ2n) is 4.93. The fourth-order valence-electron chi connectivity index (χ4n) is 2.79. The van der Waals surface area contributed by atoms with Crippen LogP contribution in [0.5, 0.6) is 0 Å². The molecule has 0 amide bonds. The van der Waals surface area contributed by atoms with Crippen molar-refractivity contribution in [3.8, 4) is 0 Å². The number of fused-ring (bicyclic) bond motifs is 1. The average Bonchev–Trinajstić information content (AvgIpc) is 2.79. The lowest BCUT2D eigenvalue weighted by molar-refractivity contribution is 0.478. The third-order valence-corrected chi connectivity index (χ3v) is 3.90. The number of hydrogen-bond acceptors (Lipinski definition) is 2. The standard InChI is InChI=1S/C14H18ClN3/c1-11-6-5-7-12-14(11)18(13(10-15)16-12)17-8-3-2-4-9-17/h5-7H,2-4,8-10H2,1H3. The van der Waals surface area contributed by atoms with Gasteiger partial charge in [0, 0.05) is 13.1 Å². The number of rotatable bonds is 2. The minimum Gasteiger partial charge on any atom is -0.311 e. The van der Waals surface area contributed by atoms with E-state index in [-0.39, 0.29) is 0 Å². The molecule has 0 radical (unpaired) electrons. The number of aromatic nitrogens is 2. The van der Waals surface area contributed by atoms with Gasteiger partial charge in [0.2, 0.25) is 0 Å². The Bertz CT molecular complexity index is 555. The van der Waals surface area contributed by atoms with E-state index in [1.54, 1.807) is 0 Å². The molecule has 1 aliphatic heterocycles. The number of hydrogen-bond donors (Lipinski definition) is 0. The van der Waals surface area contributed by atoms with E-state index in [0.717, 1.165) is 24.4 Å². The molecule has 1 aliphatic rings. The van der Waals surface area contributed by atoms with Crippen LogP contribution in [-0.2, 0) is 5.88 Å². The van der Waals surface area contributed by atoms with Crippen LogP contribution in [0.25, 0.3) is 11.0 Å². The Hall–Kier alpha value is -1.22. The van der Waals surface area contributed by atoms with Crippen LogP contribution in [0.4, 0.5) is 0 Å². The highest BCUT2D eigenvalue weighted by atomic mass is 35.5. The zero-order chi connectivity index (χ0) is 12.5. The molecule has 3 rings (SSSR count). The number of aryl methyl sites for hydroxylation is 1. The molecule has 1 aromatic carbocycles. The molecule has 18 heavy (non-hydrogen) atoms. The first-order valence-corrected chi connectivity index (χ1v) is 7.13. The van der Waals surface area contributed by atoms with Crippen LogP contribution in [0.2, 0.25) is 0 Å². The molecule has 1 saturated heterocycles. The number of imidazole rings is 1. The van der Waals surface area contributed by atoms with Gasteiger partial charge in [0.05, 0.1) is 16.9 Å². The van der Waals surface area contributed by atoms with Gasteiger partial charge in [0.15, 0.2) is 0 Å². The Labute approximate surface area is 112 Å². The third kappa shape index (κ3) is 1.87. The first-order valence-electron chi connectivity index (χ1n) is 6.59. The molecule has 3 nitrogen and oxygen atoms in total. The van der Waals surface area contributed by atoms with Crippen molar-refractivity contribution in [2.75, 3.05) is 18.1 Å². The van der Waals surface area contributed by atoms with E-state index in [4.69, 9.17) is 11.6 Å². The van der Waals surface area contributed by atoms with Gasteiger partial charge in [-0.2, -0.15) is 0 Å². The first kappa shape index (κ1) is 11.8. The molecular formula is C14H18ClN3. The Balaban J connectivity index is 2.17. The Morgan fingerprint density at radius 2 is 2.00 bits per heavy atom. The maximum atomic E-state index is 6.07. The topological polar surface area (TPSA) is 21.1 Å². The van der Waals surface area contributed by atoms with Crippen molar-refractivity contribution in [1.29, 1.82) is 0 Å². The molecule has 0 saturated carbocycles. The number of benzene rings is 1. The van der Waals surface area contributed by atoms with Gasteiger partial charge in [-0.3, -0.25) is 0 Å². The molecule has 4 heteroatoms. The van der Waals surface area contributed by atoms with E-state index in [1.807, 2.05) is 0 Å². The summed E-state index contributed by atoms with van der Waals surface area (Å²) in [6.45, 7) is 4.34. The second-order valence-corrected chi connectivity index (χ2v) is 5.20. The maximum absolute atomic E-state index is 6.07. The fraction of sp³-hybridized carbons (Fsp3) is 0.500. The Kier molecular flexibility index (Phi) is 3.16. The predicted molar refractivity (Wildman–Crippen MR) is 75.8 cm³/mol. The van der Waals surface area contributed by atoms with Crippen LogP contribution in [-0.4, -0.2) is 22.7 Å². The monoisotopic (exact) mass is 263 g/mol. The van der Waals surface area contributed by atoms with Gasteiger partial charge in [-0.15, -0.1) is 11.6 Å². The summed E-state index contributed by atoms with van der Waals surface area (Å²) in [6.07, 6.45) is 3.85. The van der Waals surface area contributed by atoms with Crippen molar-refractivity contribution in [2.45, 2.75) is 32.1 Å². The Morgan fingerprint density at radius 3 is 2.72 bits per heavy atom. The minimum atomic E-state index is 0.463. The lowest BCUT2D eigenvalue weighted by atomic mass is 10.1. The summed E-state index contributed by atoms with van der Waals surface area (Å²) in [5.74, 6) is 1.42. The van der Waals surface area contributed by atoms with Crippen molar-refractivity contribution >= 4 is 22.6 Å². The summed E-state index contributed by atoms with van der Waals surface area (Å²) in [4.78, 5) is 4.66. The molecule has 0 bridgehead atoms. The summed E-state index contributed by atoms with van der Waals surface area (Å²) in [5.41, 5.74) is 3.54. The van der Waals surface area contributed by atoms with Crippen molar-refractivity contribution in [1.82, 2.24) is 9.66 Å². The fourth-order valence-corrected chi connectivity index (χ4v) is 2.97. The van der Waals surface area contributed by atoms with E-state index < -0.39 is 0 Å². The smallest absolute Gasteiger partial charge is 0.143 e. The van der Waals surface area contributed by atoms with Gasteiger partial charge in [-0.25, -0.2) is 9.66 Å². The lowest BCUT2D eigenvalue weighted by Gasteiger charge is -2.31. The molecule has 0 unspecified atom stereocenters. The van der Waals surface area contributed by atoms with E-state index in [9.17, 15) is 0 Å². The number of para-hydroxylation sites is 1. The normalized spacial score (nSPS) is 16.4. The van der Waals surface area contributed by atoms with Gasteiger partial charge in [-0.05, 0) is 37.8 Å². The molecule has 0 spiro atoms. The summed E-state index contributed by atoms with van der Waals surface area (Å²) < 4.78 is 2.25. The van der Waals surface area contributed by atoms with E-state index in [1.165, 1.54) is 30.3 Å². The largest absolute Gasteiger partial charge is 0.311 e. The average molecular weight is 264 g/mol. The summed E-state index contributed by atoms with van der Waals surface area (Å²) in [5, 5.41) is 2.39. The van der Waals surface area contributed by atoms with Crippen molar-refractivity contribution < 1.29 is 0 Å². The zero-order valence-corrected chi connectivity index (χ0v) is 11.5. The molecule has 2 heterocycles. The van der Waals surface area contributed by atoms with Crippen LogP contribution >= 0.6 is 11.6 Å². The van der Waals surface area contributed by atoms with Crippen LogP contribution in [0.1, 0.15) is 30.7 Å². The van der Waals surface area contributed by atoms with Gasteiger partial charge in [0.1, 0.15) is 5.82 Å². The third-order valence-electron chi connectivity index (χ3n) is 3.66. The van der Waals surface area contributed by atoms with E-state index in [2.05, 4.69) is 39.8 Å². The molecule has 96 valence electrons. The highest BCUT2D eigenvalue weighted by Gasteiger charge is 2.18. The highest BCUT2D eigenvalue weighted by Crippen LogP contribution is 2.23. The van der Waals surface area contributed by atoms with Crippen LogP contribution < -0.4 is 5.01 Å². The zero-order valence-electron chi connectivity index (χ0n) is 10.7. The maximum Gasteiger partial charge on any atom is 0.143 e. The summed E-state index contributed by atoms with van der Waals surface area (Å²) in [6, 6.07) is 6.27. The molecule has 2 aromatic rings. The van der Waals surface area contributed by atoms with Crippen molar-refractivity contribution in [3.05, 3.63) is 29.6 Å². The number of nitrogens with zero attached hydrogens (tertiary/aromatic N) is 3. The van der Waals surface area contributed by atoms with Crippen LogP contribution in [0, 0.1) is 6.92 Å². The molecule has 1 aromatic heterocycles. The molecule has 1 fully saturated rings. The molecular weight excluding hydrogens is 246 g/mol. The number of alkyl halides is 1. The molecule has 0 aliphatic carbocycles. The first-order chi connectivity index (χ1) is 8.81. The van der Waals surface area contributed by atoms with Crippen LogP contribution in [0.15, 0.2) is 18.2 Å². The lowest BCUT2D eigenvalue weighted by Crippen LogP contribution is -2.40. The SMILES string of the molecule is Cc1cccc2nc(CCl)n(N3CCCCC3)c12. The highest BCUT2D eigenvalue weighted by molar-refractivity contribution is 6.16. The summed E-state index contributed by atoms with van der Waals surface area (Å²) >= 11 is 6.07. The summed E-state index contributed by atoms with van der Waals surface area (Å²) in [7, 11) is 0. The predicted octanol–water partition coefficient (Wildman–Crippen LogP) is 3.21. The Morgan fingerprint density at radius 1 is 1.22 bits per heavy atom.